The van der Waals surface area contributed by atoms with E-state index < -0.39 is 9.84 Å². The van der Waals surface area contributed by atoms with Gasteiger partial charge in [0.1, 0.15) is 0 Å². The van der Waals surface area contributed by atoms with E-state index in [-0.39, 0.29) is 35.2 Å². The highest BCUT2D eigenvalue weighted by Gasteiger charge is 2.47. The number of fused-ring (bicyclic) bond motifs is 1. The van der Waals surface area contributed by atoms with Crippen molar-refractivity contribution in [2.45, 2.75) is 25.9 Å². The van der Waals surface area contributed by atoms with Gasteiger partial charge in [-0.05, 0) is 49.2 Å². The summed E-state index contributed by atoms with van der Waals surface area (Å²) >= 11 is 13.6. The zero-order chi connectivity index (χ0) is 22.3. The smallest absolute Gasteiger partial charge is 0.234 e. The predicted molar refractivity (Wildman–Crippen MR) is 130 cm³/mol. The fourth-order valence-electron chi connectivity index (χ4n) is 3.80. The van der Waals surface area contributed by atoms with Crippen LogP contribution in [0.5, 0.6) is 0 Å². The summed E-state index contributed by atoms with van der Waals surface area (Å²) in [5.74, 6) is -0.00999. The van der Waals surface area contributed by atoms with Crippen molar-refractivity contribution in [3.05, 3.63) is 57.6 Å². The van der Waals surface area contributed by atoms with E-state index in [4.69, 9.17) is 23.2 Å². The molecule has 2 aliphatic rings. The van der Waals surface area contributed by atoms with Gasteiger partial charge in [0, 0.05) is 21.4 Å². The van der Waals surface area contributed by atoms with E-state index in [2.05, 4.69) is 10.3 Å². The Morgan fingerprint density at radius 2 is 1.87 bits per heavy atom. The Hall–Kier alpha value is -1.74. The molecule has 0 aromatic heterocycles. The second kappa shape index (κ2) is 8.65. The SMILES string of the molecule is Cc1ccc(C)c(NC(=O)CSC2=N[C@@H]3CS(=O)(=O)C[C@@H]3N2c2cc(Cl)cc(Cl)c2)c1. The summed E-state index contributed by atoms with van der Waals surface area (Å²) < 4.78 is 24.3. The van der Waals surface area contributed by atoms with Gasteiger partial charge in [-0.3, -0.25) is 9.79 Å². The summed E-state index contributed by atoms with van der Waals surface area (Å²) in [6.07, 6.45) is 0. The Morgan fingerprint density at radius 1 is 1.16 bits per heavy atom. The van der Waals surface area contributed by atoms with Gasteiger partial charge in [-0.2, -0.15) is 0 Å². The second-order valence-electron chi connectivity index (χ2n) is 7.78. The molecule has 31 heavy (non-hydrogen) atoms. The van der Waals surface area contributed by atoms with Gasteiger partial charge in [-0.25, -0.2) is 8.42 Å². The van der Waals surface area contributed by atoms with E-state index in [1.807, 2.05) is 36.9 Å². The summed E-state index contributed by atoms with van der Waals surface area (Å²) in [6.45, 7) is 3.91. The number of hydrogen-bond acceptors (Lipinski definition) is 6. The van der Waals surface area contributed by atoms with Gasteiger partial charge in [0.2, 0.25) is 5.91 Å². The van der Waals surface area contributed by atoms with E-state index in [0.717, 1.165) is 16.8 Å². The van der Waals surface area contributed by atoms with Gasteiger partial charge in [0.05, 0.1) is 29.3 Å². The number of halogens is 2. The molecule has 6 nitrogen and oxygen atoms in total. The van der Waals surface area contributed by atoms with E-state index in [1.165, 1.54) is 11.8 Å². The van der Waals surface area contributed by atoms with Crippen molar-refractivity contribution in [1.82, 2.24) is 0 Å². The lowest BCUT2D eigenvalue weighted by molar-refractivity contribution is -0.113. The first kappa shape index (κ1) is 22.5. The van der Waals surface area contributed by atoms with Crippen LogP contribution < -0.4 is 10.2 Å². The Morgan fingerprint density at radius 3 is 2.58 bits per heavy atom. The molecule has 1 saturated heterocycles. The van der Waals surface area contributed by atoms with E-state index in [0.29, 0.717) is 20.9 Å². The Labute approximate surface area is 195 Å². The number of benzene rings is 2. The van der Waals surface area contributed by atoms with Crippen LogP contribution in [0.4, 0.5) is 11.4 Å². The number of nitrogens with zero attached hydrogens (tertiary/aromatic N) is 2. The number of hydrogen-bond donors (Lipinski definition) is 1. The van der Waals surface area contributed by atoms with Crippen LogP contribution in [0.1, 0.15) is 11.1 Å². The lowest BCUT2D eigenvalue weighted by Crippen LogP contribution is -2.39. The van der Waals surface area contributed by atoms with E-state index in [1.54, 1.807) is 18.2 Å². The van der Waals surface area contributed by atoms with E-state index >= 15 is 0 Å². The third-order valence-corrected chi connectivity index (χ3v) is 8.33. The van der Waals surface area contributed by atoms with Crippen molar-refractivity contribution >= 4 is 67.3 Å². The molecule has 2 atom stereocenters. The average molecular weight is 498 g/mol. The summed E-state index contributed by atoms with van der Waals surface area (Å²) in [4.78, 5) is 19.1. The maximum absolute atomic E-state index is 12.6. The van der Waals surface area contributed by atoms with Crippen LogP contribution in [-0.2, 0) is 14.6 Å². The third-order valence-electron chi connectivity index (χ3n) is 5.23. The first-order chi connectivity index (χ1) is 14.6. The summed E-state index contributed by atoms with van der Waals surface area (Å²) in [6, 6.07) is 10.3. The Balaban J connectivity index is 1.54. The minimum absolute atomic E-state index is 0.00120. The molecule has 1 amide bonds. The van der Waals surface area contributed by atoms with Crippen molar-refractivity contribution in [2.75, 3.05) is 27.5 Å². The van der Waals surface area contributed by atoms with Gasteiger partial charge in [-0.15, -0.1) is 0 Å². The van der Waals surface area contributed by atoms with Gasteiger partial charge in [0.15, 0.2) is 15.0 Å². The summed E-state index contributed by atoms with van der Waals surface area (Å²) in [7, 11) is -3.17. The lowest BCUT2D eigenvalue weighted by Gasteiger charge is -2.26. The van der Waals surface area contributed by atoms with Crippen molar-refractivity contribution in [3.8, 4) is 0 Å². The fourth-order valence-corrected chi connectivity index (χ4v) is 7.08. The third kappa shape index (κ3) is 5.03. The molecule has 4 rings (SSSR count). The van der Waals surface area contributed by atoms with Gasteiger partial charge in [-0.1, -0.05) is 47.1 Å². The minimum Gasteiger partial charge on any atom is -0.325 e. The number of carbonyl (C=O) groups is 1. The number of aryl methyl sites for hydroxylation is 2. The normalized spacial score (nSPS) is 21.7. The molecule has 0 spiro atoms. The van der Waals surface area contributed by atoms with Crippen LogP contribution in [0, 0.1) is 13.8 Å². The molecule has 1 N–H and O–H groups in total. The molecular formula is C21H21Cl2N3O3S2. The molecule has 0 radical (unpaired) electrons. The van der Waals surface area contributed by atoms with Crippen LogP contribution in [-0.4, -0.2) is 48.8 Å². The standard InChI is InChI=1S/C21H21Cl2N3O3S2/c1-12-3-4-13(2)17(5-12)24-20(27)9-30-21-25-18-10-31(28,29)11-19(18)26(21)16-7-14(22)6-15(23)8-16/h3-8,18-19H,9-11H2,1-2H3,(H,24,27)/t18-,19+/m1/s1. The zero-order valence-electron chi connectivity index (χ0n) is 16.9. The van der Waals surface area contributed by atoms with Crippen LogP contribution in [0.15, 0.2) is 41.4 Å². The maximum atomic E-state index is 12.6. The molecule has 10 heteroatoms. The zero-order valence-corrected chi connectivity index (χ0v) is 20.1. The molecule has 164 valence electrons. The Kier molecular flexibility index (Phi) is 6.27. The molecule has 0 bridgehead atoms. The summed E-state index contributed by atoms with van der Waals surface area (Å²) in [5, 5.41) is 4.43. The number of nitrogens with one attached hydrogen (secondary N) is 1. The predicted octanol–water partition coefficient (Wildman–Crippen LogP) is 4.32. The minimum atomic E-state index is -3.17. The first-order valence-electron chi connectivity index (χ1n) is 9.65. The number of carbonyl (C=O) groups excluding carboxylic acids is 1. The average Bonchev–Trinajstić information content (AvgIpc) is 3.13. The highest BCUT2D eigenvalue weighted by Crippen LogP contribution is 2.37. The monoisotopic (exact) mass is 497 g/mol. The molecule has 0 unspecified atom stereocenters. The largest absolute Gasteiger partial charge is 0.325 e. The number of aliphatic imine (C=N–C) groups is 1. The van der Waals surface area contributed by atoms with Crippen molar-refractivity contribution in [2.24, 2.45) is 4.99 Å². The Bertz CT molecular complexity index is 1160. The lowest BCUT2D eigenvalue weighted by atomic mass is 10.1. The molecule has 2 aromatic rings. The van der Waals surface area contributed by atoms with Crippen molar-refractivity contribution in [3.63, 3.8) is 0 Å². The second-order valence-corrected chi connectivity index (χ2v) is 11.7. The molecule has 0 saturated carbocycles. The topological polar surface area (TPSA) is 78.8 Å². The van der Waals surface area contributed by atoms with Crippen molar-refractivity contribution in [1.29, 1.82) is 0 Å². The highest BCUT2D eigenvalue weighted by molar-refractivity contribution is 8.14. The first-order valence-corrected chi connectivity index (χ1v) is 13.2. The number of rotatable bonds is 4. The van der Waals surface area contributed by atoms with Gasteiger partial charge >= 0.3 is 0 Å². The van der Waals surface area contributed by atoms with Gasteiger partial charge in [0.25, 0.3) is 0 Å². The molecule has 2 aliphatic heterocycles. The molecule has 0 aliphatic carbocycles. The summed E-state index contributed by atoms with van der Waals surface area (Å²) in [5.41, 5.74) is 3.49. The van der Waals surface area contributed by atoms with Crippen LogP contribution in [0.3, 0.4) is 0 Å². The number of anilines is 2. The van der Waals surface area contributed by atoms with Crippen LogP contribution in [0.2, 0.25) is 10.0 Å². The maximum Gasteiger partial charge on any atom is 0.234 e. The molecule has 1 fully saturated rings. The van der Waals surface area contributed by atoms with Crippen LogP contribution >= 0.6 is 35.0 Å². The number of amides is 1. The van der Waals surface area contributed by atoms with Crippen molar-refractivity contribution < 1.29 is 13.2 Å². The van der Waals surface area contributed by atoms with E-state index in [9.17, 15) is 13.2 Å². The molecule has 2 heterocycles. The fraction of sp³-hybridized carbons (Fsp3) is 0.333. The number of thioether (sulfide) groups is 1. The van der Waals surface area contributed by atoms with Gasteiger partial charge < -0.3 is 10.2 Å². The quantitative estimate of drug-likeness (QED) is 0.679. The highest BCUT2D eigenvalue weighted by atomic mass is 35.5. The molecular weight excluding hydrogens is 477 g/mol. The molecule has 2 aromatic carbocycles. The number of amidine groups is 1. The van der Waals surface area contributed by atoms with Crippen LogP contribution in [0.25, 0.3) is 0 Å². The number of sulfone groups is 1.